The van der Waals surface area contributed by atoms with Crippen LogP contribution in [0, 0.1) is 0 Å². The zero-order valence-corrected chi connectivity index (χ0v) is 28.9. The van der Waals surface area contributed by atoms with Crippen molar-refractivity contribution in [2.24, 2.45) is 0 Å². The third-order valence-electron chi connectivity index (χ3n) is 9.08. The molecule has 7 aromatic carbocycles. The number of benzene rings is 7. The van der Waals surface area contributed by atoms with E-state index in [1.807, 2.05) is 60.0 Å². The molecule has 0 bridgehead atoms. The van der Waals surface area contributed by atoms with Crippen LogP contribution in [0.3, 0.4) is 0 Å². The van der Waals surface area contributed by atoms with Crippen molar-refractivity contribution in [3.63, 3.8) is 0 Å². The van der Waals surface area contributed by atoms with E-state index in [-0.39, 0.29) is 0 Å². The van der Waals surface area contributed by atoms with Crippen LogP contribution < -0.4 is 10.6 Å². The summed E-state index contributed by atoms with van der Waals surface area (Å²) in [5, 5.41) is 9.74. The molecular formula is C48H36N2S. The molecule has 244 valence electrons. The molecule has 0 spiro atoms. The van der Waals surface area contributed by atoms with Crippen LogP contribution in [0.2, 0.25) is 0 Å². The van der Waals surface area contributed by atoms with Gasteiger partial charge >= 0.3 is 0 Å². The number of nitrogens with one attached hydrogen (secondary N) is 2. The standard InChI is InChI=1S/C48H36N2S/c1-34(35-15-4-2-5-16-35)14-10-11-31-49-40-28-25-36(26-29-40)37-17-12-18-38(32-37)42-30-27-39(33-46(42)50-41-19-6-3-7-20-41)43-22-13-23-45-44-21-8-9-24-47(44)51-48(43)45/h2-33,49-50H,1H2/b14-10-,31-11-. The lowest BCUT2D eigenvalue weighted by molar-refractivity contribution is 1.52. The maximum atomic E-state index is 4.16. The van der Waals surface area contributed by atoms with E-state index in [9.17, 15) is 0 Å². The van der Waals surface area contributed by atoms with Gasteiger partial charge in [-0.1, -0.05) is 146 Å². The highest BCUT2D eigenvalue weighted by Crippen LogP contribution is 2.42. The highest BCUT2D eigenvalue weighted by atomic mass is 32.1. The van der Waals surface area contributed by atoms with Crippen LogP contribution in [0.15, 0.2) is 201 Å². The Balaban J connectivity index is 1.06. The topological polar surface area (TPSA) is 24.1 Å². The fourth-order valence-electron chi connectivity index (χ4n) is 6.46. The first-order valence-corrected chi connectivity index (χ1v) is 17.9. The first-order valence-electron chi connectivity index (χ1n) is 17.1. The van der Waals surface area contributed by atoms with Gasteiger partial charge in [-0.25, -0.2) is 0 Å². The maximum Gasteiger partial charge on any atom is 0.0470 e. The number of anilines is 3. The lowest BCUT2D eigenvalue weighted by Gasteiger charge is -2.16. The molecule has 0 aliphatic rings. The second-order valence-corrected chi connectivity index (χ2v) is 13.5. The minimum atomic E-state index is 0.982. The number of rotatable bonds is 10. The van der Waals surface area contributed by atoms with Gasteiger partial charge in [-0.15, -0.1) is 11.3 Å². The van der Waals surface area contributed by atoms with Gasteiger partial charge < -0.3 is 10.6 Å². The van der Waals surface area contributed by atoms with Crippen molar-refractivity contribution in [2.45, 2.75) is 0 Å². The molecule has 1 heterocycles. The summed E-state index contributed by atoms with van der Waals surface area (Å²) >= 11 is 1.87. The molecule has 1 aromatic heterocycles. The highest BCUT2D eigenvalue weighted by molar-refractivity contribution is 7.26. The Hall–Kier alpha value is -6.42. The maximum absolute atomic E-state index is 4.16. The van der Waals surface area contributed by atoms with Gasteiger partial charge in [0.15, 0.2) is 0 Å². The van der Waals surface area contributed by atoms with Crippen molar-refractivity contribution in [2.75, 3.05) is 10.6 Å². The number of para-hydroxylation sites is 1. The van der Waals surface area contributed by atoms with Gasteiger partial charge in [0, 0.05) is 49.0 Å². The van der Waals surface area contributed by atoms with Crippen LogP contribution in [0.5, 0.6) is 0 Å². The first kappa shape index (κ1) is 31.8. The van der Waals surface area contributed by atoms with E-state index < -0.39 is 0 Å². The van der Waals surface area contributed by atoms with Gasteiger partial charge in [0.25, 0.3) is 0 Å². The highest BCUT2D eigenvalue weighted by Gasteiger charge is 2.14. The molecule has 51 heavy (non-hydrogen) atoms. The number of allylic oxidation sites excluding steroid dienone is 4. The van der Waals surface area contributed by atoms with Gasteiger partial charge in [0.1, 0.15) is 0 Å². The van der Waals surface area contributed by atoms with Gasteiger partial charge in [0.05, 0.1) is 0 Å². The molecule has 8 rings (SSSR count). The van der Waals surface area contributed by atoms with Crippen molar-refractivity contribution in [1.29, 1.82) is 0 Å². The van der Waals surface area contributed by atoms with Gasteiger partial charge in [0.2, 0.25) is 0 Å². The second kappa shape index (κ2) is 14.6. The van der Waals surface area contributed by atoms with Crippen molar-refractivity contribution in [1.82, 2.24) is 0 Å². The molecule has 3 heteroatoms. The molecule has 0 saturated heterocycles. The van der Waals surface area contributed by atoms with Crippen LogP contribution in [0.25, 0.3) is 59.1 Å². The Kier molecular flexibility index (Phi) is 9.11. The van der Waals surface area contributed by atoms with E-state index in [0.29, 0.717) is 0 Å². The Morgan fingerprint density at radius 3 is 2.04 bits per heavy atom. The van der Waals surface area contributed by atoms with Gasteiger partial charge in [-0.3, -0.25) is 0 Å². The van der Waals surface area contributed by atoms with E-state index in [0.717, 1.165) is 44.9 Å². The molecule has 2 nitrogen and oxygen atoms in total. The second-order valence-electron chi connectivity index (χ2n) is 12.4. The van der Waals surface area contributed by atoms with Gasteiger partial charge in [-0.2, -0.15) is 0 Å². The molecule has 2 N–H and O–H groups in total. The molecule has 0 atom stereocenters. The summed E-state index contributed by atoms with van der Waals surface area (Å²) in [6.07, 6.45) is 7.95. The lowest BCUT2D eigenvalue weighted by atomic mass is 9.95. The number of hydrogen-bond acceptors (Lipinski definition) is 3. The molecular weight excluding hydrogens is 637 g/mol. The molecule has 0 saturated carbocycles. The van der Waals surface area contributed by atoms with Crippen LogP contribution >= 0.6 is 11.3 Å². The number of fused-ring (bicyclic) bond motifs is 3. The summed E-state index contributed by atoms with van der Waals surface area (Å²) in [6, 6.07) is 60.1. The van der Waals surface area contributed by atoms with Crippen molar-refractivity contribution in [3.05, 3.63) is 206 Å². The zero-order chi connectivity index (χ0) is 34.4. The summed E-state index contributed by atoms with van der Waals surface area (Å²) in [5.41, 5.74) is 12.3. The van der Waals surface area contributed by atoms with Crippen molar-refractivity contribution in [3.8, 4) is 33.4 Å². The molecule has 0 aliphatic carbocycles. The summed E-state index contributed by atoms with van der Waals surface area (Å²) in [4.78, 5) is 0. The summed E-state index contributed by atoms with van der Waals surface area (Å²) in [7, 11) is 0. The summed E-state index contributed by atoms with van der Waals surface area (Å²) in [6.45, 7) is 4.16. The monoisotopic (exact) mass is 672 g/mol. The van der Waals surface area contributed by atoms with Crippen LogP contribution in [-0.2, 0) is 0 Å². The molecule has 0 aliphatic heterocycles. The van der Waals surface area contributed by atoms with E-state index in [1.54, 1.807) is 0 Å². The smallest absolute Gasteiger partial charge is 0.0470 e. The first-order chi connectivity index (χ1) is 25.2. The Morgan fingerprint density at radius 1 is 0.510 bits per heavy atom. The van der Waals surface area contributed by atoms with Crippen LogP contribution in [0.4, 0.5) is 17.1 Å². The van der Waals surface area contributed by atoms with Gasteiger partial charge in [-0.05, 0) is 87.5 Å². The Labute approximate surface area is 303 Å². The summed E-state index contributed by atoms with van der Waals surface area (Å²) in [5.74, 6) is 0. The third kappa shape index (κ3) is 7.02. The van der Waals surface area contributed by atoms with E-state index in [2.05, 4.69) is 163 Å². The fraction of sp³-hybridized carbons (Fsp3) is 0. The quantitative estimate of drug-likeness (QED) is 0.141. The third-order valence-corrected chi connectivity index (χ3v) is 10.3. The van der Waals surface area contributed by atoms with Crippen molar-refractivity contribution < 1.29 is 0 Å². The van der Waals surface area contributed by atoms with E-state index >= 15 is 0 Å². The normalized spacial score (nSPS) is 11.5. The lowest BCUT2D eigenvalue weighted by Crippen LogP contribution is -1.95. The van der Waals surface area contributed by atoms with E-state index in [1.165, 1.54) is 36.9 Å². The Bertz CT molecular complexity index is 2520. The Morgan fingerprint density at radius 2 is 1.20 bits per heavy atom. The fourth-order valence-corrected chi connectivity index (χ4v) is 7.70. The average Bonchev–Trinajstić information content (AvgIpc) is 3.58. The molecule has 0 amide bonds. The predicted octanol–water partition coefficient (Wildman–Crippen LogP) is 14.0. The number of thiophene rings is 1. The molecule has 0 unspecified atom stereocenters. The minimum absolute atomic E-state index is 0.982. The van der Waals surface area contributed by atoms with Crippen LogP contribution in [-0.4, -0.2) is 0 Å². The average molecular weight is 673 g/mol. The molecule has 0 radical (unpaired) electrons. The van der Waals surface area contributed by atoms with E-state index in [4.69, 9.17) is 0 Å². The largest absolute Gasteiger partial charge is 0.362 e. The molecule has 0 fully saturated rings. The number of hydrogen-bond donors (Lipinski definition) is 2. The van der Waals surface area contributed by atoms with Crippen LogP contribution in [0.1, 0.15) is 5.56 Å². The predicted molar refractivity (Wildman–Crippen MR) is 223 cm³/mol. The SMILES string of the molecule is C=C(/C=C\C=C/Nc1ccc(-c2cccc(-c3ccc(-c4cccc5c4sc4ccccc45)cc3Nc3ccccc3)c2)cc1)c1ccccc1. The molecule has 8 aromatic rings. The minimum Gasteiger partial charge on any atom is -0.362 e. The zero-order valence-electron chi connectivity index (χ0n) is 28.1. The summed E-state index contributed by atoms with van der Waals surface area (Å²) < 4.78 is 2.63. The van der Waals surface area contributed by atoms with Crippen molar-refractivity contribution >= 4 is 54.1 Å².